The number of ether oxygens (including phenoxy) is 3. The van der Waals surface area contributed by atoms with Crippen LogP contribution in [0.4, 0.5) is 0 Å². The average Bonchev–Trinajstić information content (AvgIpc) is 2.47. The zero-order valence-electron chi connectivity index (χ0n) is 11.2. The summed E-state index contributed by atoms with van der Waals surface area (Å²) in [7, 11) is 3.22. The molecule has 0 heterocycles. The van der Waals surface area contributed by atoms with Gasteiger partial charge in [0.15, 0.2) is 0 Å². The lowest BCUT2D eigenvalue weighted by Crippen LogP contribution is -1.91. The summed E-state index contributed by atoms with van der Waals surface area (Å²) in [4.78, 5) is 0. The van der Waals surface area contributed by atoms with E-state index in [9.17, 15) is 0 Å². The van der Waals surface area contributed by atoms with Gasteiger partial charge in [0.2, 0.25) is 0 Å². The number of alkyl halides is 1. The Morgan fingerprint density at radius 3 is 1.95 bits per heavy atom. The lowest BCUT2D eigenvalue weighted by molar-refractivity contribution is 0.386. The standard InChI is InChI=1S/C15H14Br2O3/c1-18-12-5-13(19-2)7-14(6-12)20-11-4-3-10(9-16)15(17)8-11/h3-8H,9H2,1-2H3. The monoisotopic (exact) mass is 400 g/mol. The van der Waals surface area contributed by atoms with E-state index < -0.39 is 0 Å². The molecule has 0 aromatic heterocycles. The van der Waals surface area contributed by atoms with Crippen molar-refractivity contribution in [2.45, 2.75) is 5.33 Å². The molecule has 0 aliphatic rings. The summed E-state index contributed by atoms with van der Waals surface area (Å²) >= 11 is 6.95. The van der Waals surface area contributed by atoms with Gasteiger partial charge < -0.3 is 14.2 Å². The van der Waals surface area contributed by atoms with Crippen molar-refractivity contribution in [2.75, 3.05) is 14.2 Å². The molecule has 0 radical (unpaired) electrons. The number of hydrogen-bond acceptors (Lipinski definition) is 3. The molecule has 0 unspecified atom stereocenters. The molecular weight excluding hydrogens is 388 g/mol. The lowest BCUT2D eigenvalue weighted by atomic mass is 10.2. The first-order chi connectivity index (χ1) is 9.66. The van der Waals surface area contributed by atoms with Crippen molar-refractivity contribution in [1.29, 1.82) is 0 Å². The van der Waals surface area contributed by atoms with Crippen molar-refractivity contribution >= 4 is 31.9 Å². The number of hydrogen-bond donors (Lipinski definition) is 0. The van der Waals surface area contributed by atoms with E-state index >= 15 is 0 Å². The van der Waals surface area contributed by atoms with Crippen LogP contribution in [0.3, 0.4) is 0 Å². The molecule has 0 bridgehead atoms. The third kappa shape index (κ3) is 3.67. The number of methoxy groups -OCH3 is 2. The fourth-order valence-corrected chi connectivity index (χ4v) is 3.04. The highest BCUT2D eigenvalue weighted by molar-refractivity contribution is 9.10. The van der Waals surface area contributed by atoms with Crippen LogP contribution in [0, 0.1) is 0 Å². The summed E-state index contributed by atoms with van der Waals surface area (Å²) in [6, 6.07) is 11.3. The van der Waals surface area contributed by atoms with Crippen molar-refractivity contribution in [3.05, 3.63) is 46.4 Å². The van der Waals surface area contributed by atoms with E-state index in [4.69, 9.17) is 14.2 Å². The fourth-order valence-electron chi connectivity index (χ4n) is 1.68. The predicted octanol–water partition coefficient (Wildman–Crippen LogP) is 5.15. The largest absolute Gasteiger partial charge is 0.496 e. The van der Waals surface area contributed by atoms with Crippen LogP contribution in [-0.4, -0.2) is 14.2 Å². The zero-order valence-corrected chi connectivity index (χ0v) is 14.3. The van der Waals surface area contributed by atoms with Crippen LogP contribution in [-0.2, 0) is 5.33 Å². The lowest BCUT2D eigenvalue weighted by Gasteiger charge is -2.11. The summed E-state index contributed by atoms with van der Waals surface area (Å²) < 4.78 is 17.3. The van der Waals surface area contributed by atoms with Gasteiger partial charge in [0.1, 0.15) is 23.0 Å². The smallest absolute Gasteiger partial charge is 0.134 e. The first-order valence-corrected chi connectivity index (χ1v) is 7.83. The van der Waals surface area contributed by atoms with E-state index in [1.165, 1.54) is 5.56 Å². The van der Waals surface area contributed by atoms with Gasteiger partial charge in [-0.1, -0.05) is 37.9 Å². The highest BCUT2D eigenvalue weighted by Crippen LogP contribution is 2.32. The number of benzene rings is 2. The summed E-state index contributed by atoms with van der Waals surface area (Å²) in [6.07, 6.45) is 0. The van der Waals surface area contributed by atoms with Gasteiger partial charge in [0.25, 0.3) is 0 Å². The molecule has 106 valence electrons. The van der Waals surface area contributed by atoms with Crippen molar-refractivity contribution < 1.29 is 14.2 Å². The number of rotatable bonds is 5. The quantitative estimate of drug-likeness (QED) is 0.648. The highest BCUT2D eigenvalue weighted by atomic mass is 79.9. The molecule has 3 nitrogen and oxygen atoms in total. The van der Waals surface area contributed by atoms with Crippen LogP contribution in [0.15, 0.2) is 40.9 Å². The average molecular weight is 402 g/mol. The molecule has 5 heteroatoms. The van der Waals surface area contributed by atoms with Gasteiger partial charge >= 0.3 is 0 Å². The second kappa shape index (κ2) is 6.99. The summed E-state index contributed by atoms with van der Waals surface area (Å²) in [5, 5.41) is 0.793. The molecule has 20 heavy (non-hydrogen) atoms. The van der Waals surface area contributed by atoms with Crippen LogP contribution < -0.4 is 14.2 Å². The van der Waals surface area contributed by atoms with Crippen LogP contribution in [0.2, 0.25) is 0 Å². The minimum Gasteiger partial charge on any atom is -0.496 e. The molecule has 0 fully saturated rings. The Morgan fingerprint density at radius 2 is 1.45 bits per heavy atom. The fraction of sp³-hybridized carbons (Fsp3) is 0.200. The summed E-state index contributed by atoms with van der Waals surface area (Å²) in [5.74, 6) is 2.79. The van der Waals surface area contributed by atoms with Gasteiger partial charge in [-0.25, -0.2) is 0 Å². The van der Waals surface area contributed by atoms with E-state index in [0.29, 0.717) is 17.2 Å². The maximum absolute atomic E-state index is 5.84. The molecule has 0 spiro atoms. The topological polar surface area (TPSA) is 27.7 Å². The van der Waals surface area contributed by atoms with Crippen LogP contribution in [0.25, 0.3) is 0 Å². The van der Waals surface area contributed by atoms with Gasteiger partial charge in [-0.15, -0.1) is 0 Å². The Bertz CT molecular complexity index is 577. The van der Waals surface area contributed by atoms with Gasteiger partial charge in [-0.2, -0.15) is 0 Å². The van der Waals surface area contributed by atoms with E-state index in [0.717, 1.165) is 15.6 Å². The molecule has 0 amide bonds. The molecule has 2 rings (SSSR count). The van der Waals surface area contributed by atoms with Crippen LogP contribution in [0.5, 0.6) is 23.0 Å². The maximum Gasteiger partial charge on any atom is 0.134 e. The summed E-state index contributed by atoms with van der Waals surface area (Å²) in [6.45, 7) is 0. The molecule has 0 saturated carbocycles. The molecule has 0 N–H and O–H groups in total. The Balaban J connectivity index is 2.27. The van der Waals surface area contributed by atoms with Crippen molar-refractivity contribution in [1.82, 2.24) is 0 Å². The molecule has 0 aliphatic heterocycles. The first kappa shape index (κ1) is 15.2. The van der Waals surface area contributed by atoms with E-state index in [1.807, 2.05) is 30.3 Å². The molecule has 0 atom stereocenters. The normalized spacial score (nSPS) is 10.2. The Labute approximate surface area is 135 Å². The van der Waals surface area contributed by atoms with E-state index in [2.05, 4.69) is 31.9 Å². The Morgan fingerprint density at radius 1 is 0.850 bits per heavy atom. The van der Waals surface area contributed by atoms with Gasteiger partial charge in [-0.05, 0) is 17.7 Å². The second-order valence-electron chi connectivity index (χ2n) is 4.04. The minimum absolute atomic E-state index is 0.666. The van der Waals surface area contributed by atoms with Crippen molar-refractivity contribution in [3.8, 4) is 23.0 Å². The Kier molecular flexibility index (Phi) is 5.31. The Hall–Kier alpha value is -1.20. The SMILES string of the molecule is COc1cc(OC)cc(Oc2ccc(CBr)c(Br)c2)c1. The summed E-state index contributed by atoms with van der Waals surface area (Å²) in [5.41, 5.74) is 1.17. The van der Waals surface area contributed by atoms with Crippen LogP contribution in [0.1, 0.15) is 5.56 Å². The van der Waals surface area contributed by atoms with Gasteiger partial charge in [0, 0.05) is 28.0 Å². The zero-order chi connectivity index (χ0) is 14.5. The van der Waals surface area contributed by atoms with Gasteiger partial charge in [0.05, 0.1) is 14.2 Å². The third-order valence-corrected chi connectivity index (χ3v) is 4.07. The van der Waals surface area contributed by atoms with E-state index in [1.54, 1.807) is 20.3 Å². The van der Waals surface area contributed by atoms with Crippen LogP contribution >= 0.6 is 31.9 Å². The second-order valence-corrected chi connectivity index (χ2v) is 5.45. The molecule has 2 aromatic rings. The predicted molar refractivity (Wildman–Crippen MR) is 86.4 cm³/mol. The third-order valence-electron chi connectivity index (χ3n) is 2.73. The highest BCUT2D eigenvalue weighted by Gasteiger charge is 2.06. The van der Waals surface area contributed by atoms with Crippen molar-refractivity contribution in [2.24, 2.45) is 0 Å². The maximum atomic E-state index is 5.84. The van der Waals surface area contributed by atoms with Crippen molar-refractivity contribution in [3.63, 3.8) is 0 Å². The molecular formula is C15H14Br2O3. The minimum atomic E-state index is 0.666. The number of halogens is 2. The van der Waals surface area contributed by atoms with E-state index in [-0.39, 0.29) is 0 Å². The first-order valence-electron chi connectivity index (χ1n) is 5.91. The molecule has 0 aliphatic carbocycles. The van der Waals surface area contributed by atoms with Gasteiger partial charge in [-0.3, -0.25) is 0 Å². The molecule has 0 saturated heterocycles. The molecule has 2 aromatic carbocycles.